The van der Waals surface area contributed by atoms with Crippen molar-refractivity contribution in [3.05, 3.63) is 81.8 Å². The molecule has 7 nitrogen and oxygen atoms in total. The number of nitrogens with zero attached hydrogens (tertiary/aromatic N) is 1. The molecule has 3 aromatic carbocycles. The average molecular weight is 542 g/mol. The third-order valence-corrected chi connectivity index (χ3v) is 6.84. The maximum Gasteiger partial charge on any atom is 0.243 e. The fraction of sp³-hybridized carbons (Fsp3) is 0.286. The molecular weight excluding hydrogens is 513 g/mol. The van der Waals surface area contributed by atoms with Crippen molar-refractivity contribution in [1.82, 2.24) is 5.43 Å². The third kappa shape index (κ3) is 6.67. The Labute approximate surface area is 226 Å². The minimum atomic E-state index is -0.453. The van der Waals surface area contributed by atoms with Gasteiger partial charge in [-0.1, -0.05) is 48.3 Å². The number of benzene rings is 3. The molecule has 194 valence electrons. The Morgan fingerprint density at radius 3 is 2.41 bits per heavy atom. The predicted octanol–water partition coefficient (Wildman–Crippen LogP) is 6.03. The van der Waals surface area contributed by atoms with E-state index in [4.69, 9.17) is 32.7 Å². The molecule has 0 aliphatic carbocycles. The summed E-state index contributed by atoms with van der Waals surface area (Å²) >= 11 is 12.1. The highest BCUT2D eigenvalue weighted by Crippen LogP contribution is 2.32. The van der Waals surface area contributed by atoms with Crippen molar-refractivity contribution in [2.24, 2.45) is 5.92 Å². The van der Waals surface area contributed by atoms with Crippen molar-refractivity contribution in [2.75, 3.05) is 23.5 Å². The van der Waals surface area contributed by atoms with Gasteiger partial charge in [-0.25, -0.2) is 0 Å². The van der Waals surface area contributed by atoms with Crippen molar-refractivity contribution >= 4 is 46.4 Å². The van der Waals surface area contributed by atoms with Gasteiger partial charge in [-0.15, -0.1) is 0 Å². The van der Waals surface area contributed by atoms with Crippen LogP contribution in [0.4, 0.5) is 11.4 Å². The van der Waals surface area contributed by atoms with Crippen LogP contribution in [0.2, 0.25) is 10.0 Å². The molecule has 0 saturated carbocycles. The molecule has 9 heteroatoms. The molecule has 1 aliphatic rings. The molecule has 0 radical (unpaired) electrons. The maximum absolute atomic E-state index is 12.8. The Morgan fingerprint density at radius 2 is 1.70 bits per heavy atom. The summed E-state index contributed by atoms with van der Waals surface area (Å²) in [5.41, 5.74) is 9.14. The van der Waals surface area contributed by atoms with E-state index in [1.165, 1.54) is 5.56 Å². The fourth-order valence-electron chi connectivity index (χ4n) is 4.04. The van der Waals surface area contributed by atoms with Crippen LogP contribution in [-0.4, -0.2) is 25.0 Å². The van der Waals surface area contributed by atoms with E-state index >= 15 is 0 Å². The molecule has 0 spiro atoms. The summed E-state index contributed by atoms with van der Waals surface area (Å²) in [6, 6.07) is 18.5. The Balaban J connectivity index is 1.35. The quantitative estimate of drug-likeness (QED) is 0.306. The van der Waals surface area contributed by atoms with Gasteiger partial charge in [0.1, 0.15) is 6.61 Å². The first-order valence-corrected chi connectivity index (χ1v) is 12.9. The molecule has 1 saturated heterocycles. The highest BCUT2D eigenvalue weighted by molar-refractivity contribution is 6.42. The number of hydrazine groups is 1. The van der Waals surface area contributed by atoms with E-state index < -0.39 is 5.92 Å². The van der Waals surface area contributed by atoms with Gasteiger partial charge in [0.15, 0.2) is 11.5 Å². The van der Waals surface area contributed by atoms with Crippen LogP contribution in [0.15, 0.2) is 60.7 Å². The minimum absolute atomic E-state index is 0.0634. The average Bonchev–Trinajstić information content (AvgIpc) is 3.30. The number of halogens is 2. The lowest BCUT2D eigenvalue weighted by Gasteiger charge is -2.18. The van der Waals surface area contributed by atoms with Crippen LogP contribution in [-0.2, 0) is 22.6 Å². The van der Waals surface area contributed by atoms with Crippen LogP contribution in [0.1, 0.15) is 31.4 Å². The van der Waals surface area contributed by atoms with Crippen LogP contribution < -0.4 is 25.2 Å². The summed E-state index contributed by atoms with van der Waals surface area (Å²) in [6.07, 6.45) is 1.09. The highest BCUT2D eigenvalue weighted by Gasteiger charge is 2.35. The normalized spacial score (nSPS) is 15.0. The summed E-state index contributed by atoms with van der Waals surface area (Å²) < 4.78 is 11.7. The topological polar surface area (TPSA) is 79.9 Å². The first kappa shape index (κ1) is 26.6. The van der Waals surface area contributed by atoms with Crippen molar-refractivity contribution in [3.8, 4) is 11.5 Å². The number of nitrogens with one attached hydrogen (secondary N) is 2. The van der Waals surface area contributed by atoms with E-state index in [9.17, 15) is 9.59 Å². The van der Waals surface area contributed by atoms with E-state index in [1.807, 2.05) is 37.3 Å². The van der Waals surface area contributed by atoms with Gasteiger partial charge in [0.05, 0.1) is 28.3 Å². The molecule has 1 atom stereocenters. The second-order valence-corrected chi connectivity index (χ2v) is 9.49. The number of ether oxygens (including phenoxy) is 2. The lowest BCUT2D eigenvalue weighted by molar-refractivity contribution is -0.125. The van der Waals surface area contributed by atoms with Gasteiger partial charge in [-0.05, 0) is 60.9 Å². The predicted molar refractivity (Wildman–Crippen MR) is 146 cm³/mol. The molecule has 4 rings (SSSR count). The van der Waals surface area contributed by atoms with Gasteiger partial charge in [0.25, 0.3) is 0 Å². The summed E-state index contributed by atoms with van der Waals surface area (Å²) in [5.74, 6) is 0.312. The monoisotopic (exact) mass is 541 g/mol. The number of amides is 2. The number of carbonyl (C=O) groups excluding carboxylic acids is 2. The van der Waals surface area contributed by atoms with Gasteiger partial charge in [0.2, 0.25) is 11.8 Å². The third-order valence-electron chi connectivity index (χ3n) is 6.10. The van der Waals surface area contributed by atoms with E-state index in [0.717, 1.165) is 17.7 Å². The highest BCUT2D eigenvalue weighted by atomic mass is 35.5. The standard InChI is InChI=1S/C28H29Cl2N3O4/c1-3-18-5-9-22(10-6-18)33-16-20(14-27(33)34)28(35)32-31-21-8-12-25(26(15-21)36-4-2)37-17-19-7-11-23(29)24(30)13-19/h5-13,15,20,31H,3-4,14,16-17H2,1-2H3,(H,32,35)/t20-/m0/s1. The van der Waals surface area contributed by atoms with Crippen LogP contribution in [0.5, 0.6) is 11.5 Å². The number of hydrogen-bond donors (Lipinski definition) is 2. The molecule has 0 aromatic heterocycles. The summed E-state index contributed by atoms with van der Waals surface area (Å²) in [4.78, 5) is 27.0. The molecule has 1 aliphatic heterocycles. The van der Waals surface area contributed by atoms with Gasteiger partial charge in [-0.3, -0.25) is 20.4 Å². The molecule has 0 bridgehead atoms. The number of carbonyl (C=O) groups is 2. The van der Waals surface area contributed by atoms with Crippen molar-refractivity contribution in [2.45, 2.75) is 33.3 Å². The first-order valence-electron chi connectivity index (χ1n) is 12.2. The lowest BCUT2D eigenvalue weighted by atomic mass is 10.1. The van der Waals surface area contributed by atoms with Gasteiger partial charge >= 0.3 is 0 Å². The Kier molecular flexibility index (Phi) is 8.79. The molecule has 37 heavy (non-hydrogen) atoms. The largest absolute Gasteiger partial charge is 0.490 e. The zero-order valence-corrected chi connectivity index (χ0v) is 22.2. The number of hydrogen-bond acceptors (Lipinski definition) is 5. The van der Waals surface area contributed by atoms with Crippen LogP contribution >= 0.6 is 23.2 Å². The molecule has 1 heterocycles. The second-order valence-electron chi connectivity index (χ2n) is 8.67. The molecule has 2 N–H and O–H groups in total. The molecule has 0 unspecified atom stereocenters. The first-order chi connectivity index (χ1) is 17.9. The zero-order chi connectivity index (χ0) is 26.4. The fourth-order valence-corrected chi connectivity index (χ4v) is 4.36. The Hall–Kier alpha value is -3.42. The van der Waals surface area contributed by atoms with Crippen LogP contribution in [0.25, 0.3) is 0 Å². The maximum atomic E-state index is 12.8. The summed E-state index contributed by atoms with van der Waals surface area (Å²) in [7, 11) is 0. The molecule has 1 fully saturated rings. The van der Waals surface area contributed by atoms with Crippen molar-refractivity contribution in [1.29, 1.82) is 0 Å². The second kappa shape index (κ2) is 12.2. The smallest absolute Gasteiger partial charge is 0.243 e. The molecule has 3 aromatic rings. The van der Waals surface area contributed by atoms with E-state index in [0.29, 0.717) is 40.4 Å². The van der Waals surface area contributed by atoms with E-state index in [2.05, 4.69) is 17.8 Å². The zero-order valence-electron chi connectivity index (χ0n) is 20.7. The number of aryl methyl sites for hydroxylation is 1. The lowest BCUT2D eigenvalue weighted by Crippen LogP contribution is -2.36. The minimum Gasteiger partial charge on any atom is -0.490 e. The molecular formula is C28H29Cl2N3O4. The van der Waals surface area contributed by atoms with E-state index in [1.54, 1.807) is 35.2 Å². The number of rotatable bonds is 10. The van der Waals surface area contributed by atoms with Gasteiger partial charge in [0, 0.05) is 24.7 Å². The van der Waals surface area contributed by atoms with Crippen LogP contribution in [0.3, 0.4) is 0 Å². The molecule has 2 amide bonds. The Morgan fingerprint density at radius 1 is 0.946 bits per heavy atom. The summed E-state index contributed by atoms with van der Waals surface area (Å²) in [6.45, 7) is 5.03. The van der Waals surface area contributed by atoms with Crippen molar-refractivity contribution < 1.29 is 19.1 Å². The Bertz CT molecular complexity index is 1270. The van der Waals surface area contributed by atoms with Gasteiger partial charge < -0.3 is 14.4 Å². The van der Waals surface area contributed by atoms with Gasteiger partial charge in [-0.2, -0.15) is 0 Å². The van der Waals surface area contributed by atoms with E-state index in [-0.39, 0.29) is 24.8 Å². The SMILES string of the molecule is CCOc1cc(NNC(=O)[C@H]2CC(=O)N(c3ccc(CC)cc3)C2)ccc1OCc1ccc(Cl)c(Cl)c1. The summed E-state index contributed by atoms with van der Waals surface area (Å²) in [5, 5.41) is 0.947. The number of anilines is 2. The van der Waals surface area contributed by atoms with Crippen molar-refractivity contribution in [3.63, 3.8) is 0 Å². The van der Waals surface area contributed by atoms with Crippen LogP contribution in [0, 0.1) is 5.92 Å².